The number of carbonyl (C=O) groups is 2. The number of aryl methyl sites for hydroxylation is 1. The van der Waals surface area contributed by atoms with Gasteiger partial charge in [-0.15, -0.1) is 0 Å². The predicted octanol–water partition coefficient (Wildman–Crippen LogP) is 4.80. The Morgan fingerprint density at radius 1 is 0.833 bits per heavy atom. The molecule has 0 aromatic heterocycles. The van der Waals surface area contributed by atoms with Crippen molar-refractivity contribution in [2.75, 3.05) is 20.8 Å². The third-order valence-electron chi connectivity index (χ3n) is 6.09. The summed E-state index contributed by atoms with van der Waals surface area (Å²) < 4.78 is 10.7. The minimum absolute atomic E-state index is 0.0683. The molecule has 190 valence electrons. The van der Waals surface area contributed by atoms with Crippen LogP contribution in [-0.4, -0.2) is 43.5 Å². The standard InChI is InChI=1S/C30H36N2O4/c1-4-19-31-30(34)26(20-23-11-7-5-8-12-23)32(22-25-13-9-6-10-14-25)29(33)18-16-24-15-17-27(35-2)28(21-24)36-3/h5-15,17,21,26H,4,16,18-20,22H2,1-3H3,(H,31,34)/t26-/m1/s1. The first-order chi connectivity index (χ1) is 17.5. The summed E-state index contributed by atoms with van der Waals surface area (Å²) >= 11 is 0. The van der Waals surface area contributed by atoms with E-state index in [1.807, 2.05) is 85.8 Å². The minimum Gasteiger partial charge on any atom is -0.493 e. The second-order valence-corrected chi connectivity index (χ2v) is 8.69. The zero-order valence-electron chi connectivity index (χ0n) is 21.4. The zero-order valence-corrected chi connectivity index (χ0v) is 21.4. The molecule has 0 unspecified atom stereocenters. The van der Waals surface area contributed by atoms with Crippen LogP contribution in [0.3, 0.4) is 0 Å². The van der Waals surface area contributed by atoms with Crippen LogP contribution in [0.4, 0.5) is 0 Å². The van der Waals surface area contributed by atoms with Gasteiger partial charge in [-0.25, -0.2) is 0 Å². The quantitative estimate of drug-likeness (QED) is 0.375. The number of methoxy groups -OCH3 is 2. The second-order valence-electron chi connectivity index (χ2n) is 8.69. The maximum Gasteiger partial charge on any atom is 0.243 e. The summed E-state index contributed by atoms with van der Waals surface area (Å²) in [6.07, 6.45) is 2.08. The normalized spacial score (nSPS) is 11.4. The Hall–Kier alpha value is -3.80. The molecule has 0 saturated heterocycles. The smallest absolute Gasteiger partial charge is 0.243 e. The molecule has 0 aliphatic rings. The molecule has 0 bridgehead atoms. The highest BCUT2D eigenvalue weighted by atomic mass is 16.5. The zero-order chi connectivity index (χ0) is 25.8. The van der Waals surface area contributed by atoms with Gasteiger partial charge in [-0.2, -0.15) is 0 Å². The molecule has 0 radical (unpaired) electrons. The van der Waals surface area contributed by atoms with E-state index < -0.39 is 6.04 Å². The summed E-state index contributed by atoms with van der Waals surface area (Å²) in [5, 5.41) is 3.01. The van der Waals surface area contributed by atoms with Gasteiger partial charge in [-0.05, 0) is 41.7 Å². The van der Waals surface area contributed by atoms with Crippen molar-refractivity contribution < 1.29 is 19.1 Å². The number of benzene rings is 3. The van der Waals surface area contributed by atoms with E-state index in [1.165, 1.54) is 0 Å². The third-order valence-corrected chi connectivity index (χ3v) is 6.09. The summed E-state index contributed by atoms with van der Waals surface area (Å²) in [4.78, 5) is 28.8. The van der Waals surface area contributed by atoms with Crippen molar-refractivity contribution in [3.05, 3.63) is 95.6 Å². The maximum atomic E-state index is 13.7. The Morgan fingerprint density at radius 3 is 2.08 bits per heavy atom. The fourth-order valence-corrected chi connectivity index (χ4v) is 4.13. The Morgan fingerprint density at radius 2 is 1.47 bits per heavy atom. The van der Waals surface area contributed by atoms with Crippen LogP contribution in [0.1, 0.15) is 36.5 Å². The van der Waals surface area contributed by atoms with E-state index in [9.17, 15) is 9.59 Å². The Balaban J connectivity index is 1.86. The van der Waals surface area contributed by atoms with Crippen LogP contribution >= 0.6 is 0 Å². The number of carbonyl (C=O) groups excluding carboxylic acids is 2. The van der Waals surface area contributed by atoms with E-state index in [1.54, 1.807) is 19.1 Å². The Kier molecular flexibility index (Phi) is 10.4. The van der Waals surface area contributed by atoms with E-state index in [2.05, 4.69) is 5.32 Å². The van der Waals surface area contributed by atoms with Crippen molar-refractivity contribution >= 4 is 11.8 Å². The van der Waals surface area contributed by atoms with E-state index in [0.717, 1.165) is 23.1 Å². The molecule has 0 heterocycles. The van der Waals surface area contributed by atoms with Crippen molar-refractivity contribution in [1.82, 2.24) is 10.2 Å². The molecule has 3 rings (SSSR count). The first kappa shape index (κ1) is 26.8. The molecule has 6 heteroatoms. The largest absolute Gasteiger partial charge is 0.493 e. The van der Waals surface area contributed by atoms with Crippen molar-refractivity contribution in [2.45, 2.75) is 45.2 Å². The Labute approximate surface area is 214 Å². The Bertz CT molecular complexity index is 1100. The number of ether oxygens (including phenoxy) is 2. The van der Waals surface area contributed by atoms with Crippen LogP contribution in [0.15, 0.2) is 78.9 Å². The van der Waals surface area contributed by atoms with Crippen molar-refractivity contribution in [3.8, 4) is 11.5 Å². The second kappa shape index (κ2) is 13.9. The number of rotatable bonds is 13. The van der Waals surface area contributed by atoms with Gasteiger partial charge in [0, 0.05) is 25.9 Å². The molecule has 0 spiro atoms. The van der Waals surface area contributed by atoms with E-state index in [-0.39, 0.29) is 18.2 Å². The fourth-order valence-electron chi connectivity index (χ4n) is 4.13. The minimum atomic E-state index is -0.614. The van der Waals surface area contributed by atoms with Crippen LogP contribution in [0.2, 0.25) is 0 Å². The lowest BCUT2D eigenvalue weighted by Crippen LogP contribution is -2.50. The average Bonchev–Trinajstić information content (AvgIpc) is 2.93. The molecule has 0 fully saturated rings. The topological polar surface area (TPSA) is 67.9 Å². The highest BCUT2D eigenvalue weighted by Crippen LogP contribution is 2.28. The molecule has 1 atom stereocenters. The molecule has 0 aliphatic carbocycles. The average molecular weight is 489 g/mol. The van der Waals surface area contributed by atoms with Gasteiger partial charge in [-0.3, -0.25) is 9.59 Å². The predicted molar refractivity (Wildman–Crippen MR) is 142 cm³/mol. The lowest BCUT2D eigenvalue weighted by molar-refractivity contribution is -0.141. The van der Waals surface area contributed by atoms with Gasteiger partial charge in [0.05, 0.1) is 14.2 Å². The van der Waals surface area contributed by atoms with Crippen molar-refractivity contribution in [2.24, 2.45) is 0 Å². The van der Waals surface area contributed by atoms with E-state index in [0.29, 0.717) is 37.4 Å². The van der Waals surface area contributed by atoms with Crippen LogP contribution in [0.25, 0.3) is 0 Å². The van der Waals surface area contributed by atoms with Crippen LogP contribution in [0.5, 0.6) is 11.5 Å². The van der Waals surface area contributed by atoms with Crippen LogP contribution in [-0.2, 0) is 29.0 Å². The molecular formula is C30H36N2O4. The highest BCUT2D eigenvalue weighted by molar-refractivity contribution is 5.88. The van der Waals surface area contributed by atoms with E-state index in [4.69, 9.17) is 9.47 Å². The first-order valence-electron chi connectivity index (χ1n) is 12.4. The van der Waals surface area contributed by atoms with Crippen molar-refractivity contribution in [3.63, 3.8) is 0 Å². The molecular weight excluding hydrogens is 452 g/mol. The molecule has 0 saturated carbocycles. The summed E-state index contributed by atoms with van der Waals surface area (Å²) in [7, 11) is 3.19. The lowest BCUT2D eigenvalue weighted by atomic mass is 10.0. The molecule has 36 heavy (non-hydrogen) atoms. The number of nitrogens with one attached hydrogen (secondary N) is 1. The molecule has 0 aliphatic heterocycles. The molecule has 6 nitrogen and oxygen atoms in total. The summed E-state index contributed by atoms with van der Waals surface area (Å²) in [5.41, 5.74) is 2.97. The van der Waals surface area contributed by atoms with Gasteiger partial charge in [-0.1, -0.05) is 73.7 Å². The van der Waals surface area contributed by atoms with Gasteiger partial charge in [0.15, 0.2) is 11.5 Å². The monoisotopic (exact) mass is 488 g/mol. The summed E-state index contributed by atoms with van der Waals surface area (Å²) in [6.45, 7) is 2.95. The summed E-state index contributed by atoms with van der Waals surface area (Å²) in [5.74, 6) is 1.08. The van der Waals surface area contributed by atoms with Gasteiger partial charge >= 0.3 is 0 Å². The van der Waals surface area contributed by atoms with Gasteiger partial charge in [0.2, 0.25) is 11.8 Å². The highest BCUT2D eigenvalue weighted by Gasteiger charge is 2.30. The van der Waals surface area contributed by atoms with Gasteiger partial charge < -0.3 is 19.7 Å². The maximum absolute atomic E-state index is 13.7. The molecule has 2 amide bonds. The van der Waals surface area contributed by atoms with Crippen LogP contribution < -0.4 is 14.8 Å². The lowest BCUT2D eigenvalue weighted by Gasteiger charge is -2.31. The number of hydrogen-bond donors (Lipinski definition) is 1. The molecule has 3 aromatic rings. The number of hydrogen-bond acceptors (Lipinski definition) is 4. The van der Waals surface area contributed by atoms with Crippen molar-refractivity contribution in [1.29, 1.82) is 0 Å². The summed E-state index contributed by atoms with van der Waals surface area (Å²) in [6, 6.07) is 24.7. The number of amides is 2. The number of nitrogens with zero attached hydrogens (tertiary/aromatic N) is 1. The fraction of sp³-hybridized carbons (Fsp3) is 0.333. The first-order valence-corrected chi connectivity index (χ1v) is 12.4. The van der Waals surface area contributed by atoms with E-state index >= 15 is 0 Å². The SMILES string of the molecule is CCCNC(=O)[C@@H](Cc1ccccc1)N(Cc1ccccc1)C(=O)CCc1ccc(OC)c(OC)c1. The van der Waals surface area contributed by atoms with Gasteiger partial charge in [0.25, 0.3) is 0 Å². The molecule has 1 N–H and O–H groups in total. The third kappa shape index (κ3) is 7.60. The van der Waals surface area contributed by atoms with Crippen LogP contribution in [0, 0.1) is 0 Å². The van der Waals surface area contributed by atoms with Gasteiger partial charge in [0.1, 0.15) is 6.04 Å². The molecule has 3 aromatic carbocycles.